The quantitative estimate of drug-likeness (QED) is 0.271. The molecule has 5 rings (SSSR count). The fourth-order valence-corrected chi connectivity index (χ4v) is 7.12. The lowest BCUT2D eigenvalue weighted by Gasteiger charge is -2.61. The molecule has 44 heavy (non-hydrogen) atoms. The van der Waals surface area contributed by atoms with Crippen LogP contribution >= 0.6 is 0 Å². The van der Waals surface area contributed by atoms with E-state index in [0.717, 1.165) is 18.1 Å². The van der Waals surface area contributed by atoms with Crippen molar-refractivity contribution in [2.24, 2.45) is 5.92 Å². The summed E-state index contributed by atoms with van der Waals surface area (Å²) in [4.78, 5) is 52.6. The van der Waals surface area contributed by atoms with E-state index in [9.17, 15) is 24.3 Å². The van der Waals surface area contributed by atoms with Crippen molar-refractivity contribution in [3.05, 3.63) is 35.1 Å². The van der Waals surface area contributed by atoms with E-state index in [1.807, 2.05) is 33.0 Å². The summed E-state index contributed by atoms with van der Waals surface area (Å²) >= 11 is 0. The monoisotopic (exact) mass is 615 g/mol. The van der Waals surface area contributed by atoms with Crippen molar-refractivity contribution in [1.82, 2.24) is 4.90 Å². The zero-order chi connectivity index (χ0) is 32.0. The van der Waals surface area contributed by atoms with Gasteiger partial charge in [-0.25, -0.2) is 4.79 Å². The van der Waals surface area contributed by atoms with Crippen molar-refractivity contribution >= 4 is 23.7 Å². The van der Waals surface area contributed by atoms with Gasteiger partial charge in [0.25, 0.3) is 0 Å². The summed E-state index contributed by atoms with van der Waals surface area (Å²) in [5.74, 6) is -1.76. The number of rotatable bonds is 12. The minimum Gasteiger partial charge on any atom is -0.493 e. The molecule has 1 aromatic rings. The molecule has 0 radical (unpaired) electrons. The number of nitrogens with zero attached hydrogens (tertiary/aromatic N) is 1. The summed E-state index contributed by atoms with van der Waals surface area (Å²) in [7, 11) is 3.53. The van der Waals surface area contributed by atoms with Crippen LogP contribution in [0.2, 0.25) is 0 Å². The fourth-order valence-electron chi connectivity index (χ4n) is 7.12. The highest BCUT2D eigenvalue weighted by molar-refractivity contribution is 5.88. The third-order valence-corrected chi connectivity index (χ3v) is 9.16. The lowest BCUT2D eigenvalue weighted by molar-refractivity contribution is -0.178. The minimum absolute atomic E-state index is 0.158. The number of carbonyl (C=O) groups is 4. The number of likely N-dealkylation sites (N-methyl/N-ethyl adjacent to an activating group) is 1. The van der Waals surface area contributed by atoms with Crippen molar-refractivity contribution < 1.29 is 52.7 Å². The van der Waals surface area contributed by atoms with E-state index in [1.54, 1.807) is 13.2 Å². The molecule has 2 bridgehead atoms. The van der Waals surface area contributed by atoms with E-state index in [-0.39, 0.29) is 30.7 Å². The summed E-state index contributed by atoms with van der Waals surface area (Å²) in [6.45, 7) is 7.23. The molecule has 1 spiro atoms. The van der Waals surface area contributed by atoms with Crippen LogP contribution in [0.4, 0.5) is 0 Å². The Morgan fingerprint density at radius 2 is 1.91 bits per heavy atom. The molecule has 2 heterocycles. The van der Waals surface area contributed by atoms with Gasteiger partial charge in [-0.15, -0.1) is 0 Å². The van der Waals surface area contributed by atoms with Gasteiger partial charge < -0.3 is 38.4 Å². The molecule has 0 aromatic heterocycles. The van der Waals surface area contributed by atoms with Crippen molar-refractivity contribution in [2.75, 3.05) is 33.9 Å². The largest absolute Gasteiger partial charge is 0.493 e. The molecule has 12 nitrogen and oxygen atoms in total. The summed E-state index contributed by atoms with van der Waals surface area (Å²) < 4.78 is 33.6. The van der Waals surface area contributed by atoms with Crippen LogP contribution in [0, 0.1) is 5.92 Å². The predicted octanol–water partition coefficient (Wildman–Crippen LogP) is 2.01. The molecule has 0 unspecified atom stereocenters. The van der Waals surface area contributed by atoms with E-state index in [1.165, 1.54) is 6.92 Å². The van der Waals surface area contributed by atoms with Crippen LogP contribution in [0.3, 0.4) is 0 Å². The number of Topliss-reactive ketones (excluding diaryl/α,β-unsaturated/α-hetero) is 1. The highest BCUT2D eigenvalue weighted by Crippen LogP contribution is 2.65. The van der Waals surface area contributed by atoms with Gasteiger partial charge in [-0.05, 0) is 57.0 Å². The maximum atomic E-state index is 13.5. The minimum atomic E-state index is -1.64. The number of esters is 3. The summed E-state index contributed by atoms with van der Waals surface area (Å²) in [6.07, 6.45) is -1.29. The average molecular weight is 616 g/mol. The van der Waals surface area contributed by atoms with Crippen LogP contribution < -0.4 is 9.47 Å². The van der Waals surface area contributed by atoms with E-state index in [2.05, 4.69) is 4.90 Å². The number of hydrogen-bond donors (Lipinski definition) is 1. The number of ether oxygens (including phenoxy) is 6. The topological polar surface area (TPSA) is 147 Å². The second-order valence-electron chi connectivity index (χ2n) is 12.5. The second-order valence-corrected chi connectivity index (χ2v) is 12.5. The molecule has 240 valence electrons. The summed E-state index contributed by atoms with van der Waals surface area (Å²) in [6, 6.07) is 3.64. The Morgan fingerprint density at radius 1 is 1.16 bits per heavy atom. The Labute approximate surface area is 256 Å². The molecule has 1 aromatic carbocycles. The first-order valence-electron chi connectivity index (χ1n) is 15.0. The molecule has 1 fully saturated rings. The number of piperidine rings is 1. The lowest BCUT2D eigenvalue weighted by Crippen LogP contribution is -2.74. The van der Waals surface area contributed by atoms with Gasteiger partial charge in [-0.2, -0.15) is 0 Å². The number of carbonyl (C=O) groups excluding carboxylic acids is 4. The lowest BCUT2D eigenvalue weighted by atomic mass is 9.50. The molecule has 6 atom stereocenters. The SMILES string of the molecule is COc1ccc2c3c1O[C@H]1C(OC(=O)[C@H](CC(=O)O[C@@H](C)C(=O)COCC(C)C)OC(C)=O)=CC[C@@]4(O)[C@@H](C2)N(C)CC[C@]314. The molecule has 1 saturated heterocycles. The van der Waals surface area contributed by atoms with Crippen LogP contribution in [0.1, 0.15) is 58.1 Å². The Morgan fingerprint density at radius 3 is 2.59 bits per heavy atom. The smallest absolute Gasteiger partial charge is 0.353 e. The van der Waals surface area contributed by atoms with E-state index < -0.39 is 59.4 Å². The highest BCUT2D eigenvalue weighted by Gasteiger charge is 2.72. The first-order chi connectivity index (χ1) is 20.8. The third-order valence-electron chi connectivity index (χ3n) is 9.16. The molecule has 2 aliphatic carbocycles. The molecular weight excluding hydrogens is 574 g/mol. The van der Waals surface area contributed by atoms with Crippen LogP contribution in [-0.2, 0) is 50.0 Å². The maximum absolute atomic E-state index is 13.5. The molecule has 2 aliphatic heterocycles. The van der Waals surface area contributed by atoms with Crippen LogP contribution in [0.15, 0.2) is 24.0 Å². The van der Waals surface area contributed by atoms with E-state index in [0.29, 0.717) is 37.5 Å². The predicted molar refractivity (Wildman–Crippen MR) is 154 cm³/mol. The van der Waals surface area contributed by atoms with Gasteiger partial charge in [-0.3, -0.25) is 14.4 Å². The molecule has 0 amide bonds. The molecular formula is C32H41NO11. The Kier molecular flexibility index (Phi) is 8.80. The zero-order valence-corrected chi connectivity index (χ0v) is 26.0. The molecule has 4 aliphatic rings. The highest BCUT2D eigenvalue weighted by atomic mass is 16.6. The zero-order valence-electron chi connectivity index (χ0n) is 26.0. The van der Waals surface area contributed by atoms with Gasteiger partial charge in [0.05, 0.1) is 24.5 Å². The summed E-state index contributed by atoms with van der Waals surface area (Å²) in [5, 5.41) is 12.3. The Balaban J connectivity index is 1.35. The number of benzene rings is 1. The number of aliphatic hydroxyl groups is 1. The normalized spacial score (nSPS) is 27.8. The van der Waals surface area contributed by atoms with E-state index >= 15 is 0 Å². The van der Waals surface area contributed by atoms with Gasteiger partial charge in [0.15, 0.2) is 29.5 Å². The molecule has 1 N–H and O–H groups in total. The average Bonchev–Trinajstić information content (AvgIpc) is 3.31. The van der Waals surface area contributed by atoms with Crippen molar-refractivity contribution in [3.63, 3.8) is 0 Å². The maximum Gasteiger partial charge on any atom is 0.353 e. The first kappa shape index (κ1) is 31.9. The number of methoxy groups -OCH3 is 1. The van der Waals surface area contributed by atoms with Crippen molar-refractivity contribution in [2.45, 2.75) is 88.7 Å². The summed E-state index contributed by atoms with van der Waals surface area (Å²) in [5.41, 5.74) is -0.205. The Bertz CT molecular complexity index is 1370. The third kappa shape index (κ3) is 5.37. The van der Waals surface area contributed by atoms with Crippen LogP contribution in [0.25, 0.3) is 0 Å². The molecule has 12 heteroatoms. The van der Waals surface area contributed by atoms with Crippen LogP contribution in [0.5, 0.6) is 11.5 Å². The first-order valence-corrected chi connectivity index (χ1v) is 15.0. The molecule has 0 saturated carbocycles. The fraction of sp³-hybridized carbons (Fsp3) is 0.625. The number of ketones is 1. The van der Waals surface area contributed by atoms with Crippen molar-refractivity contribution in [1.29, 1.82) is 0 Å². The number of likely N-dealkylation sites (tertiary alicyclic amines) is 1. The van der Waals surface area contributed by atoms with Gasteiger partial charge in [0, 0.05) is 31.6 Å². The van der Waals surface area contributed by atoms with Crippen molar-refractivity contribution in [3.8, 4) is 11.5 Å². The number of hydrogen-bond acceptors (Lipinski definition) is 12. The standard InChI is InChI=1S/C32H41NO11/c1-17(2)15-40-16-21(35)18(3)41-26(36)14-24(42-19(4)34)30(37)43-23-9-10-32(38)25-13-20-7-8-22(39-6)28-27(20)31(32,29(23)44-28)11-12-33(25)5/h7-9,17-18,24-25,29,38H,10-16H2,1-6H3/t18-,24-,25+,29-,31-,32+/m0/s1. The Hall–Kier alpha value is -3.48. The van der Waals surface area contributed by atoms with Crippen LogP contribution in [-0.4, -0.2) is 97.6 Å². The second kappa shape index (κ2) is 12.1. The van der Waals surface area contributed by atoms with Gasteiger partial charge in [0.1, 0.15) is 12.4 Å². The van der Waals surface area contributed by atoms with E-state index in [4.69, 9.17) is 28.4 Å². The van der Waals surface area contributed by atoms with Gasteiger partial charge >= 0.3 is 17.9 Å². The van der Waals surface area contributed by atoms with Gasteiger partial charge in [0.2, 0.25) is 6.10 Å². The van der Waals surface area contributed by atoms with Gasteiger partial charge in [-0.1, -0.05) is 19.9 Å².